The standard InChI is InChI=1S/C9H14N2S/c10-9(7-3-4-11-6-7)8-2-1-5-12-8/h1-2,5,7,9,11H,3-4,6,10H2. The van der Waals surface area contributed by atoms with Crippen molar-refractivity contribution in [2.75, 3.05) is 13.1 Å². The molecule has 1 aliphatic heterocycles. The fourth-order valence-corrected chi connectivity index (χ4v) is 2.52. The first kappa shape index (κ1) is 8.23. The molecule has 3 N–H and O–H groups in total. The van der Waals surface area contributed by atoms with E-state index in [1.807, 2.05) is 0 Å². The zero-order valence-corrected chi connectivity index (χ0v) is 7.81. The van der Waals surface area contributed by atoms with Gasteiger partial charge in [0.1, 0.15) is 0 Å². The lowest BCUT2D eigenvalue weighted by Gasteiger charge is -2.15. The smallest absolute Gasteiger partial charge is 0.0431 e. The summed E-state index contributed by atoms with van der Waals surface area (Å²) in [7, 11) is 0. The number of hydrogen-bond acceptors (Lipinski definition) is 3. The Labute approximate surface area is 76.8 Å². The van der Waals surface area contributed by atoms with E-state index in [9.17, 15) is 0 Å². The number of nitrogens with two attached hydrogens (primary N) is 1. The first-order valence-electron chi connectivity index (χ1n) is 4.37. The van der Waals surface area contributed by atoms with Crippen molar-refractivity contribution in [3.63, 3.8) is 0 Å². The molecule has 0 bridgehead atoms. The Morgan fingerprint density at radius 2 is 2.58 bits per heavy atom. The zero-order valence-electron chi connectivity index (χ0n) is 6.99. The van der Waals surface area contributed by atoms with Crippen molar-refractivity contribution in [3.8, 4) is 0 Å². The lowest BCUT2D eigenvalue weighted by Crippen LogP contribution is -2.22. The summed E-state index contributed by atoms with van der Waals surface area (Å²) in [6, 6.07) is 4.45. The molecule has 12 heavy (non-hydrogen) atoms. The minimum atomic E-state index is 0.250. The monoisotopic (exact) mass is 182 g/mol. The van der Waals surface area contributed by atoms with E-state index in [1.54, 1.807) is 11.3 Å². The van der Waals surface area contributed by atoms with E-state index in [0.29, 0.717) is 5.92 Å². The van der Waals surface area contributed by atoms with Crippen LogP contribution < -0.4 is 11.1 Å². The van der Waals surface area contributed by atoms with E-state index in [-0.39, 0.29) is 6.04 Å². The molecule has 1 aliphatic rings. The van der Waals surface area contributed by atoms with Gasteiger partial charge < -0.3 is 11.1 Å². The third-order valence-corrected chi connectivity index (χ3v) is 3.45. The van der Waals surface area contributed by atoms with Gasteiger partial charge in [-0.15, -0.1) is 11.3 Å². The highest BCUT2D eigenvalue weighted by Crippen LogP contribution is 2.27. The number of nitrogens with one attached hydrogen (secondary N) is 1. The second-order valence-corrected chi connectivity index (χ2v) is 4.27. The highest BCUT2D eigenvalue weighted by atomic mass is 32.1. The van der Waals surface area contributed by atoms with Crippen LogP contribution in [0.1, 0.15) is 17.3 Å². The van der Waals surface area contributed by atoms with Gasteiger partial charge in [-0.05, 0) is 36.9 Å². The zero-order chi connectivity index (χ0) is 8.39. The van der Waals surface area contributed by atoms with Crippen molar-refractivity contribution in [3.05, 3.63) is 22.4 Å². The normalized spacial score (nSPS) is 25.9. The summed E-state index contributed by atoms with van der Waals surface area (Å²) in [5.41, 5.74) is 6.12. The average molecular weight is 182 g/mol. The van der Waals surface area contributed by atoms with Gasteiger partial charge in [0.05, 0.1) is 0 Å². The Hall–Kier alpha value is -0.380. The summed E-state index contributed by atoms with van der Waals surface area (Å²) in [5.74, 6) is 0.642. The van der Waals surface area contributed by atoms with Crippen LogP contribution in [0.2, 0.25) is 0 Å². The molecule has 0 spiro atoms. The van der Waals surface area contributed by atoms with Crippen LogP contribution in [0.5, 0.6) is 0 Å². The summed E-state index contributed by atoms with van der Waals surface area (Å²) >= 11 is 1.77. The van der Waals surface area contributed by atoms with Crippen LogP contribution in [-0.2, 0) is 0 Å². The topological polar surface area (TPSA) is 38.0 Å². The van der Waals surface area contributed by atoms with Gasteiger partial charge in [-0.1, -0.05) is 6.07 Å². The Kier molecular flexibility index (Phi) is 2.44. The summed E-state index contributed by atoms with van der Waals surface area (Å²) in [4.78, 5) is 1.32. The maximum Gasteiger partial charge on any atom is 0.0431 e. The van der Waals surface area contributed by atoms with Crippen molar-refractivity contribution >= 4 is 11.3 Å². The Bertz CT molecular complexity index is 227. The quantitative estimate of drug-likeness (QED) is 0.724. The molecule has 0 saturated carbocycles. The number of hydrogen-bond donors (Lipinski definition) is 2. The SMILES string of the molecule is NC(c1cccs1)C1CCNC1. The van der Waals surface area contributed by atoms with Crippen molar-refractivity contribution in [1.29, 1.82) is 0 Å². The third-order valence-electron chi connectivity index (χ3n) is 2.48. The molecule has 2 unspecified atom stereocenters. The van der Waals surface area contributed by atoms with Crippen LogP contribution in [0, 0.1) is 5.92 Å². The molecule has 0 aromatic carbocycles. The fourth-order valence-electron chi connectivity index (χ4n) is 1.70. The predicted molar refractivity (Wildman–Crippen MR) is 52.2 cm³/mol. The third kappa shape index (κ3) is 1.53. The molecular weight excluding hydrogens is 168 g/mol. The van der Waals surface area contributed by atoms with E-state index < -0.39 is 0 Å². The molecule has 3 heteroatoms. The highest BCUT2D eigenvalue weighted by molar-refractivity contribution is 7.10. The van der Waals surface area contributed by atoms with Gasteiger partial charge in [-0.25, -0.2) is 0 Å². The van der Waals surface area contributed by atoms with E-state index in [0.717, 1.165) is 13.1 Å². The maximum atomic E-state index is 6.12. The largest absolute Gasteiger partial charge is 0.323 e. The molecule has 0 radical (unpaired) electrons. The van der Waals surface area contributed by atoms with Gasteiger partial charge in [0, 0.05) is 10.9 Å². The van der Waals surface area contributed by atoms with Gasteiger partial charge in [0.2, 0.25) is 0 Å². The van der Waals surface area contributed by atoms with E-state index in [1.165, 1.54) is 11.3 Å². The van der Waals surface area contributed by atoms with E-state index in [2.05, 4.69) is 22.8 Å². The molecule has 66 valence electrons. The van der Waals surface area contributed by atoms with Crippen molar-refractivity contribution in [2.45, 2.75) is 12.5 Å². The number of thiophene rings is 1. The van der Waals surface area contributed by atoms with E-state index in [4.69, 9.17) is 5.73 Å². The number of rotatable bonds is 2. The van der Waals surface area contributed by atoms with Crippen LogP contribution in [0.15, 0.2) is 17.5 Å². The molecule has 2 heterocycles. The summed E-state index contributed by atoms with van der Waals surface area (Å²) in [6.45, 7) is 2.21. The summed E-state index contributed by atoms with van der Waals surface area (Å²) < 4.78 is 0. The van der Waals surface area contributed by atoms with Crippen LogP contribution in [0.3, 0.4) is 0 Å². The van der Waals surface area contributed by atoms with Crippen LogP contribution in [0.4, 0.5) is 0 Å². The predicted octanol–water partition coefficient (Wildman–Crippen LogP) is 1.36. The second-order valence-electron chi connectivity index (χ2n) is 3.29. The summed E-state index contributed by atoms with van der Waals surface area (Å²) in [5, 5.41) is 5.43. The molecule has 0 amide bonds. The second kappa shape index (κ2) is 3.56. The van der Waals surface area contributed by atoms with Gasteiger partial charge in [-0.2, -0.15) is 0 Å². The molecule has 2 nitrogen and oxygen atoms in total. The Balaban J connectivity index is 2.04. The molecule has 1 aromatic rings. The van der Waals surface area contributed by atoms with Gasteiger partial charge in [0.25, 0.3) is 0 Å². The Morgan fingerprint density at radius 1 is 1.67 bits per heavy atom. The molecular formula is C9H14N2S. The average Bonchev–Trinajstić information content (AvgIpc) is 2.77. The lowest BCUT2D eigenvalue weighted by molar-refractivity contribution is 0.476. The van der Waals surface area contributed by atoms with Crippen LogP contribution in [-0.4, -0.2) is 13.1 Å². The molecule has 2 atom stereocenters. The van der Waals surface area contributed by atoms with Crippen LogP contribution >= 0.6 is 11.3 Å². The molecule has 0 aliphatic carbocycles. The minimum absolute atomic E-state index is 0.250. The van der Waals surface area contributed by atoms with Gasteiger partial charge in [0.15, 0.2) is 0 Å². The lowest BCUT2D eigenvalue weighted by atomic mass is 9.99. The van der Waals surface area contributed by atoms with Gasteiger partial charge in [-0.3, -0.25) is 0 Å². The highest BCUT2D eigenvalue weighted by Gasteiger charge is 2.23. The maximum absolute atomic E-state index is 6.12. The molecule has 1 aromatic heterocycles. The molecule has 1 fully saturated rings. The van der Waals surface area contributed by atoms with E-state index >= 15 is 0 Å². The van der Waals surface area contributed by atoms with Crippen molar-refractivity contribution in [1.82, 2.24) is 5.32 Å². The molecule has 1 saturated heterocycles. The van der Waals surface area contributed by atoms with Crippen molar-refractivity contribution < 1.29 is 0 Å². The molecule has 2 rings (SSSR count). The summed E-state index contributed by atoms with van der Waals surface area (Å²) in [6.07, 6.45) is 1.22. The first-order valence-corrected chi connectivity index (χ1v) is 5.25. The fraction of sp³-hybridized carbons (Fsp3) is 0.556. The van der Waals surface area contributed by atoms with Gasteiger partial charge >= 0.3 is 0 Å². The Morgan fingerprint density at radius 3 is 3.17 bits per heavy atom. The van der Waals surface area contributed by atoms with Crippen molar-refractivity contribution in [2.24, 2.45) is 11.7 Å². The minimum Gasteiger partial charge on any atom is -0.323 e. The van der Waals surface area contributed by atoms with Crippen LogP contribution in [0.25, 0.3) is 0 Å². The first-order chi connectivity index (χ1) is 5.88.